The van der Waals surface area contributed by atoms with Crippen molar-refractivity contribution in [3.8, 4) is 5.75 Å². The maximum atomic E-state index is 5.76. The highest BCUT2D eigenvalue weighted by Gasteiger charge is 2.35. The Labute approximate surface area is 83.8 Å². The number of benzene rings is 1. The highest BCUT2D eigenvalue weighted by Crippen LogP contribution is 2.29. The van der Waals surface area contributed by atoms with E-state index in [0.717, 1.165) is 18.5 Å². The van der Waals surface area contributed by atoms with Crippen LogP contribution in [0.1, 0.15) is 24.0 Å². The van der Waals surface area contributed by atoms with Gasteiger partial charge < -0.3 is 4.74 Å². The van der Waals surface area contributed by atoms with Crippen molar-refractivity contribution in [2.45, 2.75) is 25.8 Å². The summed E-state index contributed by atoms with van der Waals surface area (Å²) in [5, 5.41) is 0. The van der Waals surface area contributed by atoms with Gasteiger partial charge in [-0.05, 0) is 18.6 Å². The zero-order chi connectivity index (χ0) is 9.54. The Balaban J connectivity index is 2.05. The fourth-order valence-corrected chi connectivity index (χ4v) is 1.95. The molecule has 1 fully saturated rings. The maximum Gasteiger partial charge on any atom is 0.287 e. The van der Waals surface area contributed by atoms with Crippen LogP contribution in [0.5, 0.6) is 5.75 Å². The van der Waals surface area contributed by atoms with Gasteiger partial charge in [-0.2, -0.15) is 4.58 Å². The highest BCUT2D eigenvalue weighted by molar-refractivity contribution is 5.81. The molecule has 0 radical (unpaired) electrons. The third-order valence-electron chi connectivity index (χ3n) is 2.92. The minimum Gasteiger partial charge on any atom is -0.435 e. The number of rotatable bonds is 1. The van der Waals surface area contributed by atoms with Crippen molar-refractivity contribution in [1.82, 2.24) is 0 Å². The van der Waals surface area contributed by atoms with Crippen molar-refractivity contribution in [1.29, 1.82) is 0 Å². The number of fused-ring (bicyclic) bond motifs is 1. The molecule has 0 aromatic heterocycles. The van der Waals surface area contributed by atoms with Crippen molar-refractivity contribution in [3.05, 3.63) is 29.3 Å². The Bertz CT molecular complexity index is 405. The summed E-state index contributed by atoms with van der Waals surface area (Å²) in [6.45, 7) is 2.82. The van der Waals surface area contributed by atoms with E-state index in [2.05, 4.69) is 35.9 Å². The van der Waals surface area contributed by atoms with E-state index in [0.29, 0.717) is 0 Å². The normalized spacial score (nSPS) is 19.6. The summed E-state index contributed by atoms with van der Waals surface area (Å²) in [5.74, 6) is 1.06. The second kappa shape index (κ2) is 2.84. The van der Waals surface area contributed by atoms with Gasteiger partial charge in [0.05, 0.1) is 5.56 Å². The molecule has 1 aliphatic carbocycles. The molecule has 72 valence electrons. The lowest BCUT2D eigenvalue weighted by Gasteiger charge is -2.15. The molecule has 0 spiro atoms. The largest absolute Gasteiger partial charge is 0.435 e. The van der Waals surface area contributed by atoms with Crippen LogP contribution in [0, 0.1) is 6.92 Å². The highest BCUT2D eigenvalue weighted by atomic mass is 16.5. The predicted molar refractivity (Wildman–Crippen MR) is 55.1 cm³/mol. The minimum absolute atomic E-state index is 0.725. The monoisotopic (exact) mass is 188 g/mol. The van der Waals surface area contributed by atoms with E-state index in [4.69, 9.17) is 4.74 Å². The Kier molecular flexibility index (Phi) is 1.63. The summed E-state index contributed by atoms with van der Waals surface area (Å²) < 4.78 is 8.07. The summed E-state index contributed by atoms with van der Waals surface area (Å²) >= 11 is 0. The number of hydrogen-bond acceptors (Lipinski definition) is 1. The molecule has 2 aliphatic rings. The molecule has 0 saturated heterocycles. The lowest BCUT2D eigenvalue weighted by atomic mass is 10.1. The Hall–Kier alpha value is -1.31. The second-order valence-corrected chi connectivity index (χ2v) is 4.14. The number of hydrogen-bond donors (Lipinski definition) is 0. The van der Waals surface area contributed by atoms with E-state index in [1.165, 1.54) is 24.0 Å². The maximum absolute atomic E-state index is 5.76. The van der Waals surface area contributed by atoms with Crippen molar-refractivity contribution < 1.29 is 9.31 Å². The standard InChI is InChI=1S/C12H14NO/c1-9-3-2-4-10-7-13(11-5-6-11)8-14-12(9)10/h2-4,7,11H,5-6,8H2,1H3/q+1. The van der Waals surface area contributed by atoms with Crippen molar-refractivity contribution in [2.24, 2.45) is 0 Å². The Morgan fingerprint density at radius 3 is 3.00 bits per heavy atom. The molecule has 14 heavy (non-hydrogen) atoms. The van der Waals surface area contributed by atoms with Gasteiger partial charge in [-0.1, -0.05) is 12.1 Å². The molecule has 3 rings (SSSR count). The van der Waals surface area contributed by atoms with Crippen LogP contribution in [0.3, 0.4) is 0 Å². The van der Waals surface area contributed by atoms with Crippen LogP contribution < -0.4 is 4.74 Å². The molecule has 0 N–H and O–H groups in total. The number of ether oxygens (including phenoxy) is 1. The first kappa shape index (κ1) is 8.04. The van der Waals surface area contributed by atoms with E-state index in [1.54, 1.807) is 0 Å². The van der Waals surface area contributed by atoms with E-state index >= 15 is 0 Å². The molecular formula is C12H14NO+. The van der Waals surface area contributed by atoms with Gasteiger partial charge in [0, 0.05) is 12.8 Å². The average Bonchev–Trinajstić information content (AvgIpc) is 3.01. The predicted octanol–water partition coefficient (Wildman–Crippen LogP) is 1.94. The number of aryl methyl sites for hydroxylation is 1. The fourth-order valence-electron chi connectivity index (χ4n) is 1.95. The van der Waals surface area contributed by atoms with Gasteiger partial charge in [-0.3, -0.25) is 0 Å². The van der Waals surface area contributed by atoms with Gasteiger partial charge in [0.1, 0.15) is 5.75 Å². The Morgan fingerprint density at radius 1 is 1.36 bits per heavy atom. The molecule has 2 heteroatoms. The lowest BCUT2D eigenvalue weighted by molar-refractivity contribution is -0.569. The van der Waals surface area contributed by atoms with Gasteiger partial charge in [0.15, 0.2) is 12.3 Å². The van der Waals surface area contributed by atoms with E-state index in [1.807, 2.05) is 0 Å². The summed E-state index contributed by atoms with van der Waals surface area (Å²) in [7, 11) is 0. The molecule has 2 nitrogen and oxygen atoms in total. The van der Waals surface area contributed by atoms with Crippen LogP contribution in [0.4, 0.5) is 0 Å². The van der Waals surface area contributed by atoms with Gasteiger partial charge in [-0.25, -0.2) is 0 Å². The van der Waals surface area contributed by atoms with Crippen LogP contribution in [0.25, 0.3) is 0 Å². The van der Waals surface area contributed by atoms with Gasteiger partial charge in [0.25, 0.3) is 6.73 Å². The fraction of sp³-hybridized carbons (Fsp3) is 0.417. The van der Waals surface area contributed by atoms with Gasteiger partial charge >= 0.3 is 0 Å². The first-order valence-corrected chi connectivity index (χ1v) is 5.17. The number of nitrogens with zero attached hydrogens (tertiary/aromatic N) is 1. The van der Waals surface area contributed by atoms with Crippen molar-refractivity contribution in [3.63, 3.8) is 0 Å². The molecule has 1 aromatic carbocycles. The van der Waals surface area contributed by atoms with Crippen LogP contribution in [0.2, 0.25) is 0 Å². The summed E-state index contributed by atoms with van der Waals surface area (Å²) in [4.78, 5) is 0. The molecule has 0 bridgehead atoms. The summed E-state index contributed by atoms with van der Waals surface area (Å²) in [5.41, 5.74) is 2.46. The summed E-state index contributed by atoms with van der Waals surface area (Å²) in [6, 6.07) is 7.05. The molecule has 0 unspecified atom stereocenters. The zero-order valence-electron chi connectivity index (χ0n) is 8.36. The van der Waals surface area contributed by atoms with E-state index in [-0.39, 0.29) is 0 Å². The zero-order valence-corrected chi connectivity index (χ0v) is 8.36. The molecule has 1 aliphatic heterocycles. The lowest BCUT2D eigenvalue weighted by Crippen LogP contribution is -2.26. The summed E-state index contributed by atoms with van der Waals surface area (Å²) in [6.07, 6.45) is 4.88. The average molecular weight is 188 g/mol. The quantitative estimate of drug-likeness (QED) is 0.613. The molecule has 1 saturated carbocycles. The van der Waals surface area contributed by atoms with Crippen molar-refractivity contribution >= 4 is 6.21 Å². The molecular weight excluding hydrogens is 174 g/mol. The van der Waals surface area contributed by atoms with Crippen molar-refractivity contribution in [2.75, 3.05) is 6.73 Å². The smallest absolute Gasteiger partial charge is 0.287 e. The third-order valence-corrected chi connectivity index (χ3v) is 2.92. The van der Waals surface area contributed by atoms with Crippen LogP contribution in [0.15, 0.2) is 18.2 Å². The SMILES string of the molecule is Cc1cccc2c1OC[N+](C1CC1)=C2. The van der Waals surface area contributed by atoms with Gasteiger partial charge in [0.2, 0.25) is 0 Å². The Morgan fingerprint density at radius 2 is 2.21 bits per heavy atom. The topological polar surface area (TPSA) is 12.2 Å². The van der Waals surface area contributed by atoms with Crippen LogP contribution in [-0.2, 0) is 0 Å². The minimum atomic E-state index is 0.725. The number of para-hydroxylation sites is 1. The molecule has 0 atom stereocenters. The van der Waals surface area contributed by atoms with E-state index < -0.39 is 0 Å². The molecule has 1 heterocycles. The van der Waals surface area contributed by atoms with Crippen LogP contribution >= 0.6 is 0 Å². The third kappa shape index (κ3) is 1.22. The van der Waals surface area contributed by atoms with Gasteiger partial charge in [-0.15, -0.1) is 0 Å². The first-order chi connectivity index (χ1) is 6.84. The molecule has 1 aromatic rings. The molecule has 0 amide bonds. The first-order valence-electron chi connectivity index (χ1n) is 5.17. The van der Waals surface area contributed by atoms with Crippen LogP contribution in [-0.4, -0.2) is 23.6 Å². The second-order valence-electron chi connectivity index (χ2n) is 4.14. The van der Waals surface area contributed by atoms with E-state index in [9.17, 15) is 0 Å².